The van der Waals surface area contributed by atoms with Crippen LogP contribution in [-0.2, 0) is 6.42 Å². The number of benzene rings is 1. The van der Waals surface area contributed by atoms with E-state index in [1.54, 1.807) is 0 Å². The molecule has 0 fully saturated rings. The molecule has 0 saturated heterocycles. The number of carbonyl (C=O) groups is 1. The number of aliphatic hydroxyl groups is 1. The normalized spacial score (nSPS) is 11.3. The van der Waals surface area contributed by atoms with Gasteiger partial charge in [-0.3, -0.25) is 9.69 Å². The predicted molar refractivity (Wildman–Crippen MR) is 83.2 cm³/mol. The first-order chi connectivity index (χ1) is 9.65. The smallest absolute Gasteiger partial charge is 0.176 e. The number of hydrogen-bond acceptors (Lipinski definition) is 3. The number of Topliss-reactive ketones (excluding diaryl/α,β-unsaturated/α-hetero) is 1. The lowest BCUT2D eigenvalue weighted by Gasteiger charge is -2.29. The van der Waals surface area contributed by atoms with E-state index >= 15 is 0 Å². The van der Waals surface area contributed by atoms with Gasteiger partial charge in [-0.05, 0) is 24.8 Å². The van der Waals surface area contributed by atoms with Gasteiger partial charge in [0, 0.05) is 18.2 Å². The largest absolute Gasteiger partial charge is 0.395 e. The first-order valence-electron chi connectivity index (χ1n) is 7.63. The molecule has 20 heavy (non-hydrogen) atoms. The van der Waals surface area contributed by atoms with Gasteiger partial charge in [0.25, 0.3) is 0 Å². The van der Waals surface area contributed by atoms with Gasteiger partial charge in [0.1, 0.15) is 0 Å². The molecule has 0 bridgehead atoms. The lowest BCUT2D eigenvalue weighted by Crippen LogP contribution is -2.40. The highest BCUT2D eigenvalue weighted by Gasteiger charge is 2.18. The highest BCUT2D eigenvalue weighted by molar-refractivity contribution is 5.97. The second-order valence-corrected chi connectivity index (χ2v) is 5.14. The molecule has 1 aromatic rings. The molecule has 3 heteroatoms. The third-order valence-corrected chi connectivity index (χ3v) is 3.88. The Kier molecular flexibility index (Phi) is 7.48. The zero-order valence-corrected chi connectivity index (χ0v) is 12.9. The molecule has 0 aromatic heterocycles. The Morgan fingerprint density at radius 2 is 1.75 bits per heavy atom. The minimum absolute atomic E-state index is 0.0958. The second-order valence-electron chi connectivity index (χ2n) is 5.14. The Bertz CT molecular complexity index is 396. The Balaban J connectivity index is 2.73. The standard InChI is InChI=1S/C17H27NO2/c1-4-14-7-9-15(10-8-14)17(20)13-18(11-12-19)16(5-2)6-3/h7-10,16,19H,4-6,11-13H2,1-3H3. The molecule has 1 aromatic carbocycles. The van der Waals surface area contributed by atoms with E-state index in [9.17, 15) is 9.90 Å². The van der Waals surface area contributed by atoms with Gasteiger partial charge in [-0.25, -0.2) is 0 Å². The highest BCUT2D eigenvalue weighted by atomic mass is 16.3. The van der Waals surface area contributed by atoms with Crippen molar-refractivity contribution in [2.24, 2.45) is 0 Å². The molecular weight excluding hydrogens is 250 g/mol. The Labute approximate surface area is 122 Å². The molecule has 0 heterocycles. The summed E-state index contributed by atoms with van der Waals surface area (Å²) in [4.78, 5) is 14.4. The van der Waals surface area contributed by atoms with E-state index in [1.165, 1.54) is 5.56 Å². The summed E-state index contributed by atoms with van der Waals surface area (Å²) in [7, 11) is 0. The molecule has 1 N–H and O–H groups in total. The number of nitrogens with zero attached hydrogens (tertiary/aromatic N) is 1. The van der Waals surface area contributed by atoms with E-state index in [4.69, 9.17) is 0 Å². The van der Waals surface area contributed by atoms with E-state index in [-0.39, 0.29) is 12.4 Å². The summed E-state index contributed by atoms with van der Waals surface area (Å²) >= 11 is 0. The fraction of sp³-hybridized carbons (Fsp3) is 0.588. The van der Waals surface area contributed by atoms with Crippen LogP contribution in [0.2, 0.25) is 0 Å². The van der Waals surface area contributed by atoms with Gasteiger partial charge in [-0.2, -0.15) is 0 Å². The van der Waals surface area contributed by atoms with Crippen LogP contribution >= 0.6 is 0 Å². The molecule has 112 valence electrons. The van der Waals surface area contributed by atoms with Crippen molar-refractivity contribution in [1.82, 2.24) is 4.90 Å². The van der Waals surface area contributed by atoms with Crippen molar-refractivity contribution in [2.75, 3.05) is 19.7 Å². The van der Waals surface area contributed by atoms with Gasteiger partial charge >= 0.3 is 0 Å². The van der Waals surface area contributed by atoms with Crippen LogP contribution in [0.15, 0.2) is 24.3 Å². The average molecular weight is 277 g/mol. The maximum Gasteiger partial charge on any atom is 0.176 e. The van der Waals surface area contributed by atoms with Crippen molar-refractivity contribution < 1.29 is 9.90 Å². The third-order valence-electron chi connectivity index (χ3n) is 3.88. The summed E-state index contributed by atoms with van der Waals surface area (Å²) in [5.41, 5.74) is 2.00. The van der Waals surface area contributed by atoms with Crippen molar-refractivity contribution >= 4 is 5.78 Å². The summed E-state index contributed by atoms with van der Waals surface area (Å²) in [5, 5.41) is 9.18. The van der Waals surface area contributed by atoms with Crippen molar-refractivity contribution in [3.63, 3.8) is 0 Å². The molecule has 0 saturated carbocycles. The molecule has 0 unspecified atom stereocenters. The van der Waals surface area contributed by atoms with E-state index in [2.05, 4.69) is 25.7 Å². The summed E-state index contributed by atoms with van der Waals surface area (Å²) < 4.78 is 0. The minimum atomic E-state index is 0.0958. The van der Waals surface area contributed by atoms with E-state index in [0.717, 1.165) is 24.8 Å². The van der Waals surface area contributed by atoms with E-state index < -0.39 is 0 Å². The Morgan fingerprint density at radius 1 is 1.15 bits per heavy atom. The number of ketones is 1. The summed E-state index contributed by atoms with van der Waals surface area (Å²) in [6.45, 7) is 7.40. The number of carbonyl (C=O) groups excluding carboxylic acids is 1. The van der Waals surface area contributed by atoms with Crippen LogP contribution < -0.4 is 0 Å². The highest BCUT2D eigenvalue weighted by Crippen LogP contribution is 2.11. The summed E-state index contributed by atoms with van der Waals surface area (Å²) in [6, 6.07) is 8.21. The topological polar surface area (TPSA) is 40.5 Å². The molecule has 0 radical (unpaired) electrons. The van der Waals surface area contributed by atoms with Crippen LogP contribution in [0.4, 0.5) is 0 Å². The monoisotopic (exact) mass is 277 g/mol. The van der Waals surface area contributed by atoms with Crippen molar-refractivity contribution in [1.29, 1.82) is 0 Å². The zero-order valence-electron chi connectivity index (χ0n) is 12.9. The summed E-state index contributed by atoms with van der Waals surface area (Å²) in [5.74, 6) is 0.132. The van der Waals surface area contributed by atoms with Gasteiger partial charge in [-0.1, -0.05) is 45.0 Å². The maximum atomic E-state index is 12.3. The quantitative estimate of drug-likeness (QED) is 0.706. The molecule has 3 nitrogen and oxygen atoms in total. The fourth-order valence-electron chi connectivity index (χ4n) is 2.53. The van der Waals surface area contributed by atoms with E-state index in [1.807, 2.05) is 24.3 Å². The lowest BCUT2D eigenvalue weighted by atomic mass is 10.0. The molecule has 0 amide bonds. The van der Waals surface area contributed by atoms with Gasteiger partial charge in [0.2, 0.25) is 0 Å². The number of rotatable bonds is 9. The molecular formula is C17H27NO2. The van der Waals surface area contributed by atoms with Crippen LogP contribution in [-0.4, -0.2) is 41.5 Å². The molecule has 0 aliphatic carbocycles. The zero-order chi connectivity index (χ0) is 15.0. The van der Waals surface area contributed by atoms with Crippen LogP contribution in [0, 0.1) is 0 Å². The van der Waals surface area contributed by atoms with Crippen LogP contribution in [0.1, 0.15) is 49.5 Å². The van der Waals surface area contributed by atoms with Crippen molar-refractivity contribution in [3.8, 4) is 0 Å². The second kappa shape index (κ2) is 8.88. The Morgan fingerprint density at radius 3 is 2.20 bits per heavy atom. The first-order valence-corrected chi connectivity index (χ1v) is 7.63. The van der Waals surface area contributed by atoms with Crippen LogP contribution in [0.3, 0.4) is 0 Å². The SMILES string of the molecule is CCc1ccc(C(=O)CN(CCO)C(CC)CC)cc1. The number of aliphatic hydroxyl groups excluding tert-OH is 1. The molecule has 0 spiro atoms. The number of hydrogen-bond donors (Lipinski definition) is 1. The average Bonchev–Trinajstić information content (AvgIpc) is 2.48. The van der Waals surface area contributed by atoms with Crippen LogP contribution in [0.25, 0.3) is 0 Å². The molecule has 1 rings (SSSR count). The van der Waals surface area contributed by atoms with Gasteiger partial charge < -0.3 is 5.11 Å². The van der Waals surface area contributed by atoms with Crippen molar-refractivity contribution in [3.05, 3.63) is 35.4 Å². The van der Waals surface area contributed by atoms with Crippen molar-refractivity contribution in [2.45, 2.75) is 46.1 Å². The first kappa shape index (κ1) is 16.9. The number of aryl methyl sites for hydroxylation is 1. The van der Waals surface area contributed by atoms with Gasteiger partial charge in [-0.15, -0.1) is 0 Å². The van der Waals surface area contributed by atoms with E-state index in [0.29, 0.717) is 19.1 Å². The Hall–Kier alpha value is -1.19. The fourth-order valence-corrected chi connectivity index (χ4v) is 2.53. The minimum Gasteiger partial charge on any atom is -0.395 e. The molecule has 0 aliphatic rings. The van der Waals surface area contributed by atoms with Gasteiger partial charge in [0.15, 0.2) is 5.78 Å². The predicted octanol–water partition coefficient (Wildman–Crippen LogP) is 2.91. The molecule has 0 aliphatic heterocycles. The van der Waals surface area contributed by atoms with Gasteiger partial charge in [0.05, 0.1) is 13.2 Å². The van der Waals surface area contributed by atoms with Crippen LogP contribution in [0.5, 0.6) is 0 Å². The lowest BCUT2D eigenvalue weighted by molar-refractivity contribution is 0.0850. The molecule has 0 atom stereocenters. The maximum absolute atomic E-state index is 12.3. The third kappa shape index (κ3) is 4.73. The summed E-state index contributed by atoms with van der Waals surface area (Å²) in [6.07, 6.45) is 2.98.